The molecule has 1 aromatic carbocycles. The van der Waals surface area contributed by atoms with Gasteiger partial charge in [-0.25, -0.2) is 23.4 Å². The normalized spacial score (nSPS) is 10.9. The smallest absolute Gasteiger partial charge is 0.183 e. The van der Waals surface area contributed by atoms with Crippen molar-refractivity contribution in [3.05, 3.63) is 36.2 Å². The summed E-state index contributed by atoms with van der Waals surface area (Å²) in [5, 5.41) is 10.7. The molecule has 3 aromatic rings. The van der Waals surface area contributed by atoms with Gasteiger partial charge in [-0.15, -0.1) is 5.10 Å². The minimum Gasteiger partial charge on any atom is -0.336 e. The van der Waals surface area contributed by atoms with Crippen molar-refractivity contribution >= 4 is 22.7 Å². The van der Waals surface area contributed by atoms with Crippen molar-refractivity contribution < 1.29 is 8.78 Å². The zero-order valence-corrected chi connectivity index (χ0v) is 10.5. The molecular weight excluding hydrogens is 266 g/mol. The monoisotopic (exact) mass is 276 g/mol. The zero-order valence-electron chi connectivity index (χ0n) is 10.5. The number of anilines is 2. The highest BCUT2D eigenvalue weighted by molar-refractivity contribution is 5.84. The van der Waals surface area contributed by atoms with E-state index in [4.69, 9.17) is 0 Å². The Morgan fingerprint density at radius 2 is 2.10 bits per heavy atom. The largest absolute Gasteiger partial charge is 0.336 e. The lowest BCUT2D eigenvalue weighted by molar-refractivity contribution is 0.586. The van der Waals surface area contributed by atoms with Crippen LogP contribution in [0.25, 0.3) is 11.2 Å². The van der Waals surface area contributed by atoms with Gasteiger partial charge in [-0.1, -0.05) is 5.21 Å². The molecule has 0 saturated heterocycles. The van der Waals surface area contributed by atoms with Crippen LogP contribution in [-0.4, -0.2) is 25.0 Å². The molecule has 6 nitrogen and oxygen atoms in total. The Bertz CT molecular complexity index is 770. The molecule has 0 amide bonds. The average Bonchev–Trinajstić information content (AvgIpc) is 2.86. The fourth-order valence-electron chi connectivity index (χ4n) is 1.81. The summed E-state index contributed by atoms with van der Waals surface area (Å²) in [6, 6.07) is 3.25. The lowest BCUT2D eigenvalue weighted by Gasteiger charge is -2.06. The molecule has 2 heterocycles. The van der Waals surface area contributed by atoms with E-state index in [1.54, 1.807) is 4.68 Å². The first kappa shape index (κ1) is 12.4. The predicted octanol–water partition coefficient (Wildman–Crippen LogP) is 2.26. The average molecular weight is 276 g/mol. The second-order valence-corrected chi connectivity index (χ2v) is 4.05. The minimum absolute atomic E-state index is 0.109. The quantitative estimate of drug-likeness (QED) is 0.794. The third kappa shape index (κ3) is 2.04. The third-order valence-corrected chi connectivity index (χ3v) is 2.78. The Balaban J connectivity index is 2.04. The van der Waals surface area contributed by atoms with Crippen LogP contribution in [0.15, 0.2) is 24.5 Å². The first-order chi connectivity index (χ1) is 9.69. The number of aryl methyl sites for hydroxylation is 1. The second kappa shape index (κ2) is 4.80. The highest BCUT2D eigenvalue weighted by Crippen LogP contribution is 2.23. The fourth-order valence-corrected chi connectivity index (χ4v) is 1.81. The van der Waals surface area contributed by atoms with E-state index in [2.05, 4.69) is 25.6 Å². The molecule has 0 fully saturated rings. The van der Waals surface area contributed by atoms with E-state index in [-0.39, 0.29) is 5.69 Å². The van der Waals surface area contributed by atoms with E-state index in [1.807, 2.05) is 6.92 Å². The standard InChI is InChI=1S/C12H10F2N6/c1-2-20-12-10(18-19-20)11(15-6-16-12)17-9-4-3-7(13)5-8(9)14/h3-6H,2H2,1H3,(H,15,16,17). The van der Waals surface area contributed by atoms with Gasteiger partial charge in [0.2, 0.25) is 0 Å². The van der Waals surface area contributed by atoms with Crippen LogP contribution in [-0.2, 0) is 6.54 Å². The van der Waals surface area contributed by atoms with Crippen molar-refractivity contribution in [1.82, 2.24) is 25.0 Å². The molecule has 0 saturated carbocycles. The molecule has 3 rings (SSSR count). The SMILES string of the molecule is CCn1nnc2c(Nc3ccc(F)cc3F)ncnc21. The molecule has 102 valence electrons. The number of benzene rings is 1. The van der Waals surface area contributed by atoms with Gasteiger partial charge in [0, 0.05) is 12.6 Å². The first-order valence-corrected chi connectivity index (χ1v) is 5.95. The van der Waals surface area contributed by atoms with E-state index >= 15 is 0 Å². The van der Waals surface area contributed by atoms with Crippen LogP contribution in [0.2, 0.25) is 0 Å². The van der Waals surface area contributed by atoms with Gasteiger partial charge in [-0.3, -0.25) is 0 Å². The summed E-state index contributed by atoms with van der Waals surface area (Å²) < 4.78 is 28.1. The van der Waals surface area contributed by atoms with Gasteiger partial charge < -0.3 is 5.32 Å². The molecule has 0 atom stereocenters. The molecule has 1 N–H and O–H groups in total. The lowest BCUT2D eigenvalue weighted by Crippen LogP contribution is -2.00. The lowest BCUT2D eigenvalue weighted by atomic mass is 10.3. The van der Waals surface area contributed by atoms with Gasteiger partial charge in [0.15, 0.2) is 17.0 Å². The molecule has 0 aliphatic rings. The van der Waals surface area contributed by atoms with E-state index in [9.17, 15) is 8.78 Å². The molecule has 0 spiro atoms. The first-order valence-electron chi connectivity index (χ1n) is 5.95. The number of nitrogens with zero attached hydrogens (tertiary/aromatic N) is 5. The van der Waals surface area contributed by atoms with E-state index < -0.39 is 11.6 Å². The van der Waals surface area contributed by atoms with Gasteiger partial charge in [-0.05, 0) is 19.1 Å². The summed E-state index contributed by atoms with van der Waals surface area (Å²) >= 11 is 0. The summed E-state index contributed by atoms with van der Waals surface area (Å²) in [7, 11) is 0. The number of halogens is 2. The third-order valence-electron chi connectivity index (χ3n) is 2.78. The summed E-state index contributed by atoms with van der Waals surface area (Å²) in [5.74, 6) is -1.03. The van der Waals surface area contributed by atoms with Crippen LogP contribution in [0.3, 0.4) is 0 Å². The van der Waals surface area contributed by atoms with E-state index in [0.29, 0.717) is 23.5 Å². The van der Waals surface area contributed by atoms with E-state index in [0.717, 1.165) is 12.1 Å². The van der Waals surface area contributed by atoms with Crippen molar-refractivity contribution in [3.63, 3.8) is 0 Å². The fraction of sp³-hybridized carbons (Fsp3) is 0.167. The van der Waals surface area contributed by atoms with Crippen LogP contribution in [0, 0.1) is 11.6 Å². The Hall–Kier alpha value is -2.64. The summed E-state index contributed by atoms with van der Waals surface area (Å²) in [6.45, 7) is 2.51. The molecule has 0 aliphatic heterocycles. The highest BCUT2D eigenvalue weighted by atomic mass is 19.1. The second-order valence-electron chi connectivity index (χ2n) is 4.05. The van der Waals surface area contributed by atoms with Crippen LogP contribution in [0.1, 0.15) is 6.92 Å². The van der Waals surface area contributed by atoms with Crippen LogP contribution in [0.5, 0.6) is 0 Å². The van der Waals surface area contributed by atoms with Crippen molar-refractivity contribution in [2.24, 2.45) is 0 Å². The van der Waals surface area contributed by atoms with Gasteiger partial charge >= 0.3 is 0 Å². The molecule has 0 radical (unpaired) electrons. The molecule has 0 aliphatic carbocycles. The minimum atomic E-state index is -0.709. The Morgan fingerprint density at radius 1 is 1.25 bits per heavy atom. The number of hydrogen-bond donors (Lipinski definition) is 1. The maximum Gasteiger partial charge on any atom is 0.183 e. The van der Waals surface area contributed by atoms with Crippen molar-refractivity contribution in [2.75, 3.05) is 5.32 Å². The Kier molecular flexibility index (Phi) is 2.97. The predicted molar refractivity (Wildman–Crippen MR) is 68.4 cm³/mol. The van der Waals surface area contributed by atoms with Crippen molar-refractivity contribution in [1.29, 1.82) is 0 Å². The van der Waals surface area contributed by atoms with Gasteiger partial charge in [0.05, 0.1) is 5.69 Å². The van der Waals surface area contributed by atoms with Gasteiger partial charge in [-0.2, -0.15) is 0 Å². The maximum atomic E-state index is 13.6. The number of hydrogen-bond acceptors (Lipinski definition) is 5. The van der Waals surface area contributed by atoms with Gasteiger partial charge in [0.25, 0.3) is 0 Å². The highest BCUT2D eigenvalue weighted by Gasteiger charge is 2.12. The zero-order chi connectivity index (χ0) is 14.1. The number of aromatic nitrogens is 5. The van der Waals surface area contributed by atoms with E-state index in [1.165, 1.54) is 12.4 Å². The van der Waals surface area contributed by atoms with Crippen LogP contribution >= 0.6 is 0 Å². The maximum absolute atomic E-state index is 13.6. The topological polar surface area (TPSA) is 68.5 Å². The number of rotatable bonds is 3. The molecule has 20 heavy (non-hydrogen) atoms. The Morgan fingerprint density at radius 3 is 2.85 bits per heavy atom. The number of fused-ring (bicyclic) bond motifs is 1. The van der Waals surface area contributed by atoms with Crippen molar-refractivity contribution in [2.45, 2.75) is 13.5 Å². The summed E-state index contributed by atoms with van der Waals surface area (Å²) in [6.07, 6.45) is 1.33. The van der Waals surface area contributed by atoms with Crippen molar-refractivity contribution in [3.8, 4) is 0 Å². The van der Waals surface area contributed by atoms with Crippen LogP contribution in [0.4, 0.5) is 20.3 Å². The molecule has 8 heteroatoms. The molecule has 0 bridgehead atoms. The van der Waals surface area contributed by atoms with Crippen LogP contribution < -0.4 is 5.32 Å². The summed E-state index contributed by atoms with van der Waals surface area (Å²) in [4.78, 5) is 8.10. The van der Waals surface area contributed by atoms with Gasteiger partial charge in [0.1, 0.15) is 18.0 Å². The number of nitrogens with one attached hydrogen (secondary N) is 1. The molecule has 0 unspecified atom stereocenters. The summed E-state index contributed by atoms with van der Waals surface area (Å²) in [5.41, 5.74) is 1.09. The molecular formula is C12H10F2N6. The molecule has 2 aromatic heterocycles. The Labute approximate surface area is 112 Å².